The molecule has 0 aromatic carbocycles. The molecule has 3 aromatic heterocycles. The van der Waals surface area contributed by atoms with E-state index in [0.29, 0.717) is 0 Å². The fourth-order valence-corrected chi connectivity index (χ4v) is 1.79. The summed E-state index contributed by atoms with van der Waals surface area (Å²) in [5, 5.41) is 4.72. The highest BCUT2D eigenvalue weighted by Gasteiger charge is 2.26. The molecule has 0 saturated heterocycles. The van der Waals surface area contributed by atoms with Gasteiger partial charge in [0.1, 0.15) is 5.58 Å². The summed E-state index contributed by atoms with van der Waals surface area (Å²) in [5.74, 6) is 0. The van der Waals surface area contributed by atoms with E-state index in [9.17, 15) is 0 Å². The largest absolute Gasteiger partial charge is 0.451 e. The summed E-state index contributed by atoms with van der Waals surface area (Å²) in [5.41, 5.74) is 4.90. The molecule has 1 aliphatic carbocycles. The van der Waals surface area contributed by atoms with Gasteiger partial charge in [0, 0.05) is 11.1 Å². The maximum atomic E-state index is 5.53. The molecule has 0 aliphatic heterocycles. The van der Waals surface area contributed by atoms with Crippen molar-refractivity contribution >= 4 is 34.3 Å². The summed E-state index contributed by atoms with van der Waals surface area (Å²) >= 11 is 0. The minimum Gasteiger partial charge on any atom is -0.451 e. The molecule has 0 radical (unpaired) electrons. The van der Waals surface area contributed by atoms with Gasteiger partial charge in [0.05, 0.1) is 11.6 Å². The van der Waals surface area contributed by atoms with Gasteiger partial charge in [0.15, 0.2) is 5.58 Å². The van der Waals surface area contributed by atoms with Gasteiger partial charge in [0.2, 0.25) is 5.58 Å². The van der Waals surface area contributed by atoms with Gasteiger partial charge in [-0.15, -0.1) is 0 Å². The number of rotatable bonds is 0. The van der Waals surface area contributed by atoms with Crippen molar-refractivity contribution in [3.63, 3.8) is 0 Å². The summed E-state index contributed by atoms with van der Waals surface area (Å²) in [4.78, 5) is 0. The van der Waals surface area contributed by atoms with Gasteiger partial charge >= 0.3 is 0 Å². The number of fused-ring (bicyclic) bond motifs is 8. The molecule has 3 nitrogen and oxygen atoms in total. The average molecular weight is 157 g/mol. The van der Waals surface area contributed by atoms with Crippen LogP contribution in [0.1, 0.15) is 11.1 Å². The van der Waals surface area contributed by atoms with Crippen LogP contribution in [0.4, 0.5) is 0 Å². The van der Waals surface area contributed by atoms with Crippen LogP contribution in [-0.4, -0.2) is 5.16 Å². The Morgan fingerprint density at radius 1 is 1.00 bits per heavy atom. The second-order valence-corrected chi connectivity index (χ2v) is 2.99. The molecule has 0 unspecified atom stereocenters. The first-order valence-corrected chi connectivity index (χ1v) is 3.75. The summed E-state index contributed by atoms with van der Waals surface area (Å²) in [7, 11) is 0. The van der Waals surface area contributed by atoms with Crippen LogP contribution in [0.3, 0.4) is 0 Å². The predicted octanol–water partition coefficient (Wildman–Crippen LogP) is 2.50. The second-order valence-electron chi connectivity index (χ2n) is 2.99. The number of hydrogen-bond donors (Lipinski definition) is 0. The molecule has 4 rings (SSSR count). The van der Waals surface area contributed by atoms with E-state index in [4.69, 9.17) is 8.94 Å². The van der Waals surface area contributed by atoms with Crippen LogP contribution < -0.4 is 0 Å². The van der Waals surface area contributed by atoms with Gasteiger partial charge < -0.3 is 8.94 Å². The van der Waals surface area contributed by atoms with Crippen LogP contribution in [0.5, 0.6) is 0 Å². The minimum atomic E-state index is 0.785. The molecule has 0 N–H and O–H groups in total. The smallest absolute Gasteiger partial charge is 0.213 e. The standard InChI is InChI=1S/C9H3NO2/c1-2-5-4(1)7-6-3-10-12-9(6)8(5)11-7/h1-3H. The van der Waals surface area contributed by atoms with E-state index in [2.05, 4.69) is 5.16 Å². The molecule has 3 heterocycles. The van der Waals surface area contributed by atoms with E-state index in [1.807, 2.05) is 12.2 Å². The van der Waals surface area contributed by atoms with Crippen LogP contribution in [0.15, 0.2) is 15.1 Å². The Kier molecular flexibility index (Phi) is 0.525. The lowest BCUT2D eigenvalue weighted by molar-refractivity contribution is 0.455. The first-order chi connectivity index (χ1) is 5.95. The van der Waals surface area contributed by atoms with Crippen molar-refractivity contribution in [2.45, 2.75) is 0 Å². The Bertz CT molecular complexity index is 565. The molecule has 3 aromatic rings. The molecule has 2 bridgehead atoms. The average Bonchev–Trinajstić information content (AvgIpc) is 2.56. The SMILES string of the molecule is C1=Cc2c1c1oc2c2oncc12. The zero-order valence-electron chi connectivity index (χ0n) is 6.00. The number of furan rings is 2. The van der Waals surface area contributed by atoms with Crippen LogP contribution in [-0.2, 0) is 0 Å². The third-order valence-corrected chi connectivity index (χ3v) is 2.42. The zero-order chi connectivity index (χ0) is 7.71. The van der Waals surface area contributed by atoms with E-state index in [0.717, 1.165) is 27.7 Å². The predicted molar refractivity (Wildman–Crippen MR) is 43.9 cm³/mol. The molecular weight excluding hydrogens is 154 g/mol. The lowest BCUT2D eigenvalue weighted by Gasteiger charge is -2.02. The molecule has 0 spiro atoms. The Labute approximate surface area is 66.6 Å². The highest BCUT2D eigenvalue weighted by Crippen LogP contribution is 2.44. The van der Waals surface area contributed by atoms with Crippen LogP contribution >= 0.6 is 0 Å². The lowest BCUT2D eigenvalue weighted by atomic mass is 9.97. The van der Waals surface area contributed by atoms with Gasteiger partial charge in [-0.2, -0.15) is 0 Å². The van der Waals surface area contributed by atoms with Gasteiger partial charge in [-0.1, -0.05) is 5.16 Å². The molecule has 12 heavy (non-hydrogen) atoms. The van der Waals surface area contributed by atoms with Crippen LogP contribution in [0.2, 0.25) is 0 Å². The third-order valence-electron chi connectivity index (χ3n) is 2.42. The second kappa shape index (κ2) is 1.27. The van der Waals surface area contributed by atoms with Crippen molar-refractivity contribution in [2.24, 2.45) is 0 Å². The fourth-order valence-electron chi connectivity index (χ4n) is 1.79. The molecule has 0 saturated carbocycles. The summed E-state index contributed by atoms with van der Waals surface area (Å²) in [6.45, 7) is 0. The number of benzene rings is 1. The van der Waals surface area contributed by atoms with E-state index in [1.165, 1.54) is 5.56 Å². The van der Waals surface area contributed by atoms with Gasteiger partial charge in [-0.3, -0.25) is 0 Å². The third kappa shape index (κ3) is 0.310. The van der Waals surface area contributed by atoms with E-state index in [-0.39, 0.29) is 0 Å². The van der Waals surface area contributed by atoms with E-state index < -0.39 is 0 Å². The minimum absolute atomic E-state index is 0.785. The van der Waals surface area contributed by atoms with E-state index >= 15 is 0 Å². The number of aromatic nitrogens is 1. The summed E-state index contributed by atoms with van der Waals surface area (Å²) in [6, 6.07) is 0. The summed E-state index contributed by atoms with van der Waals surface area (Å²) < 4.78 is 10.6. The molecular formula is C9H3NO2. The first kappa shape index (κ1) is 4.98. The van der Waals surface area contributed by atoms with Crippen LogP contribution in [0, 0.1) is 0 Å². The molecule has 3 heteroatoms. The Morgan fingerprint density at radius 2 is 1.83 bits per heavy atom. The molecule has 1 aliphatic rings. The Hall–Kier alpha value is -1.77. The van der Waals surface area contributed by atoms with Crippen molar-refractivity contribution in [1.29, 1.82) is 0 Å². The van der Waals surface area contributed by atoms with Crippen molar-refractivity contribution < 1.29 is 8.94 Å². The highest BCUT2D eigenvalue weighted by atomic mass is 16.5. The molecule has 0 amide bonds. The molecule has 56 valence electrons. The van der Waals surface area contributed by atoms with Crippen molar-refractivity contribution in [3.8, 4) is 0 Å². The van der Waals surface area contributed by atoms with Crippen molar-refractivity contribution in [1.82, 2.24) is 5.16 Å². The zero-order valence-corrected chi connectivity index (χ0v) is 6.00. The monoisotopic (exact) mass is 157 g/mol. The number of nitrogens with zero attached hydrogens (tertiary/aromatic N) is 1. The topological polar surface area (TPSA) is 39.2 Å². The van der Waals surface area contributed by atoms with Gasteiger partial charge in [-0.25, -0.2) is 0 Å². The van der Waals surface area contributed by atoms with E-state index in [1.54, 1.807) is 6.20 Å². The molecule has 0 fully saturated rings. The van der Waals surface area contributed by atoms with Crippen molar-refractivity contribution in [3.05, 3.63) is 17.3 Å². The lowest BCUT2D eigenvalue weighted by Crippen LogP contribution is -1.85. The van der Waals surface area contributed by atoms with Gasteiger partial charge in [0.25, 0.3) is 0 Å². The normalized spacial score (nSPS) is 14.3. The maximum absolute atomic E-state index is 5.53. The number of hydrogen-bond acceptors (Lipinski definition) is 3. The van der Waals surface area contributed by atoms with Gasteiger partial charge in [-0.05, 0) is 12.2 Å². The summed E-state index contributed by atoms with van der Waals surface area (Å²) in [6.07, 6.45) is 5.78. The van der Waals surface area contributed by atoms with Crippen molar-refractivity contribution in [2.75, 3.05) is 0 Å². The Balaban J connectivity index is 2.51. The van der Waals surface area contributed by atoms with Crippen LogP contribution in [0.25, 0.3) is 34.3 Å². The quantitative estimate of drug-likeness (QED) is 0.393. The molecule has 0 atom stereocenters. The Morgan fingerprint density at radius 3 is 2.67 bits per heavy atom. The fraction of sp³-hybridized carbons (Fsp3) is 0. The highest BCUT2D eigenvalue weighted by molar-refractivity contribution is 6.16. The maximum Gasteiger partial charge on any atom is 0.213 e. The first-order valence-electron chi connectivity index (χ1n) is 3.75.